The summed E-state index contributed by atoms with van der Waals surface area (Å²) < 4.78 is 0. The average Bonchev–Trinajstić information content (AvgIpc) is 2.24. The van der Waals surface area contributed by atoms with Gasteiger partial charge in [-0.1, -0.05) is 13.0 Å². The van der Waals surface area contributed by atoms with E-state index in [4.69, 9.17) is 0 Å². The van der Waals surface area contributed by atoms with Gasteiger partial charge in [-0.05, 0) is 38.9 Å². The van der Waals surface area contributed by atoms with Crippen molar-refractivity contribution in [1.29, 1.82) is 0 Å². The Balaban J connectivity index is 2.44. The highest BCUT2D eigenvalue weighted by molar-refractivity contribution is 5.03. The summed E-state index contributed by atoms with van der Waals surface area (Å²) in [6.07, 6.45) is 2.60. The zero-order chi connectivity index (χ0) is 12.0. The number of aromatic nitrogens is 1. The van der Waals surface area contributed by atoms with Crippen LogP contribution in [0.4, 0.5) is 0 Å². The van der Waals surface area contributed by atoms with Gasteiger partial charge in [0.1, 0.15) is 0 Å². The molecule has 0 spiro atoms. The summed E-state index contributed by atoms with van der Waals surface area (Å²) in [5.74, 6) is 0. The third kappa shape index (κ3) is 5.24. The number of pyridine rings is 1. The molecular weight excluding hydrogens is 200 g/mol. The predicted molar refractivity (Wildman–Crippen MR) is 66.1 cm³/mol. The number of nitrogens with zero attached hydrogens (tertiary/aromatic N) is 2. The second-order valence-electron chi connectivity index (χ2n) is 4.75. The van der Waals surface area contributed by atoms with Crippen LogP contribution in [0.25, 0.3) is 0 Å². The molecule has 0 aromatic carbocycles. The fraction of sp³-hybridized carbons (Fsp3) is 0.615. The summed E-state index contributed by atoms with van der Waals surface area (Å²) in [7, 11) is 0. The van der Waals surface area contributed by atoms with Crippen molar-refractivity contribution in [3.63, 3.8) is 0 Å². The molecule has 0 aliphatic carbocycles. The van der Waals surface area contributed by atoms with Crippen LogP contribution in [0.2, 0.25) is 0 Å². The van der Waals surface area contributed by atoms with E-state index in [1.807, 2.05) is 38.2 Å². The first-order valence-corrected chi connectivity index (χ1v) is 5.86. The molecule has 0 saturated heterocycles. The van der Waals surface area contributed by atoms with Crippen molar-refractivity contribution >= 4 is 0 Å². The molecule has 0 aliphatic heterocycles. The Morgan fingerprint density at radius 1 is 1.38 bits per heavy atom. The Labute approximate surface area is 98.1 Å². The van der Waals surface area contributed by atoms with Crippen LogP contribution in [0.3, 0.4) is 0 Å². The summed E-state index contributed by atoms with van der Waals surface area (Å²) in [6.45, 7) is 8.56. The summed E-state index contributed by atoms with van der Waals surface area (Å²) in [5, 5.41) is 9.69. The van der Waals surface area contributed by atoms with Crippen LogP contribution in [-0.2, 0) is 6.54 Å². The van der Waals surface area contributed by atoms with E-state index < -0.39 is 5.60 Å². The van der Waals surface area contributed by atoms with Gasteiger partial charge in [0.2, 0.25) is 0 Å². The average molecular weight is 222 g/mol. The second kappa shape index (κ2) is 5.97. The first kappa shape index (κ1) is 13.1. The van der Waals surface area contributed by atoms with Crippen LogP contribution >= 0.6 is 0 Å². The lowest BCUT2D eigenvalue weighted by Gasteiger charge is -2.24. The number of hydrogen-bond acceptors (Lipinski definition) is 3. The highest BCUT2D eigenvalue weighted by Gasteiger charge is 2.14. The lowest BCUT2D eigenvalue weighted by Crippen LogP contribution is -2.30. The second-order valence-corrected chi connectivity index (χ2v) is 4.75. The molecule has 0 unspecified atom stereocenters. The molecule has 3 nitrogen and oxygen atoms in total. The Kier molecular flexibility index (Phi) is 4.90. The number of aliphatic hydroxyl groups is 1. The van der Waals surface area contributed by atoms with Crippen molar-refractivity contribution in [2.75, 3.05) is 13.1 Å². The molecule has 1 aromatic heterocycles. The minimum atomic E-state index is -0.586. The van der Waals surface area contributed by atoms with E-state index in [0.29, 0.717) is 0 Å². The van der Waals surface area contributed by atoms with Gasteiger partial charge in [0.15, 0.2) is 0 Å². The molecule has 0 amide bonds. The van der Waals surface area contributed by atoms with Crippen molar-refractivity contribution < 1.29 is 5.11 Å². The molecule has 90 valence electrons. The summed E-state index contributed by atoms with van der Waals surface area (Å²) in [6, 6.07) is 5.97. The van der Waals surface area contributed by atoms with E-state index in [2.05, 4.69) is 16.8 Å². The van der Waals surface area contributed by atoms with Crippen LogP contribution in [0.15, 0.2) is 24.4 Å². The molecule has 3 heteroatoms. The van der Waals surface area contributed by atoms with Crippen LogP contribution in [0.5, 0.6) is 0 Å². The van der Waals surface area contributed by atoms with Crippen LogP contribution in [0, 0.1) is 0 Å². The smallest absolute Gasteiger partial charge is 0.0603 e. The van der Waals surface area contributed by atoms with Gasteiger partial charge in [0.25, 0.3) is 0 Å². The van der Waals surface area contributed by atoms with Crippen molar-refractivity contribution in [2.24, 2.45) is 0 Å². The lowest BCUT2D eigenvalue weighted by atomic mass is 10.1. The molecule has 1 N–H and O–H groups in total. The van der Waals surface area contributed by atoms with E-state index in [0.717, 1.165) is 31.7 Å². The van der Waals surface area contributed by atoms with Crippen molar-refractivity contribution in [3.8, 4) is 0 Å². The third-order valence-corrected chi connectivity index (χ3v) is 2.60. The van der Waals surface area contributed by atoms with Gasteiger partial charge < -0.3 is 5.11 Å². The topological polar surface area (TPSA) is 36.4 Å². The van der Waals surface area contributed by atoms with Crippen LogP contribution < -0.4 is 0 Å². The molecule has 0 atom stereocenters. The van der Waals surface area contributed by atoms with Gasteiger partial charge in [-0.15, -0.1) is 0 Å². The molecule has 1 heterocycles. The maximum Gasteiger partial charge on any atom is 0.0603 e. The van der Waals surface area contributed by atoms with E-state index in [1.165, 1.54) is 0 Å². The molecule has 1 aromatic rings. The predicted octanol–water partition coefficient (Wildman–Crippen LogP) is 2.06. The molecular formula is C13H22N2O. The van der Waals surface area contributed by atoms with Gasteiger partial charge >= 0.3 is 0 Å². The normalized spacial score (nSPS) is 12.1. The van der Waals surface area contributed by atoms with Gasteiger partial charge in [-0.25, -0.2) is 0 Å². The third-order valence-electron chi connectivity index (χ3n) is 2.60. The monoisotopic (exact) mass is 222 g/mol. The zero-order valence-electron chi connectivity index (χ0n) is 10.5. The molecule has 0 aliphatic rings. The maximum absolute atomic E-state index is 9.69. The maximum atomic E-state index is 9.69. The van der Waals surface area contributed by atoms with Gasteiger partial charge in [-0.3, -0.25) is 9.88 Å². The lowest BCUT2D eigenvalue weighted by molar-refractivity contribution is 0.0571. The fourth-order valence-corrected chi connectivity index (χ4v) is 1.50. The minimum Gasteiger partial charge on any atom is -0.390 e. The van der Waals surface area contributed by atoms with Crippen molar-refractivity contribution in [3.05, 3.63) is 30.1 Å². The number of rotatable bonds is 6. The molecule has 0 bridgehead atoms. The molecule has 0 saturated carbocycles. The van der Waals surface area contributed by atoms with Crippen molar-refractivity contribution in [1.82, 2.24) is 9.88 Å². The zero-order valence-corrected chi connectivity index (χ0v) is 10.5. The summed E-state index contributed by atoms with van der Waals surface area (Å²) in [4.78, 5) is 6.60. The standard InChI is InChI=1S/C13H22N2O/c1-4-15(10-8-13(2,3)16)11-12-7-5-6-9-14-12/h5-7,9,16H,4,8,10-11H2,1-3H3. The van der Waals surface area contributed by atoms with Crippen molar-refractivity contribution in [2.45, 2.75) is 39.3 Å². The minimum absolute atomic E-state index is 0.586. The molecule has 0 fully saturated rings. The van der Waals surface area contributed by atoms with Gasteiger partial charge in [0, 0.05) is 19.3 Å². The molecule has 1 rings (SSSR count). The molecule has 16 heavy (non-hydrogen) atoms. The quantitative estimate of drug-likeness (QED) is 0.800. The largest absolute Gasteiger partial charge is 0.390 e. The Bertz CT molecular complexity index is 293. The highest BCUT2D eigenvalue weighted by Crippen LogP contribution is 2.10. The van der Waals surface area contributed by atoms with Gasteiger partial charge in [-0.2, -0.15) is 0 Å². The Morgan fingerprint density at radius 2 is 2.12 bits per heavy atom. The van der Waals surface area contributed by atoms with Gasteiger partial charge in [0.05, 0.1) is 11.3 Å². The summed E-state index contributed by atoms with van der Waals surface area (Å²) in [5.41, 5.74) is 0.498. The fourth-order valence-electron chi connectivity index (χ4n) is 1.50. The van der Waals surface area contributed by atoms with E-state index in [-0.39, 0.29) is 0 Å². The highest BCUT2D eigenvalue weighted by atomic mass is 16.3. The SMILES string of the molecule is CCN(CCC(C)(C)O)Cc1ccccn1. The van der Waals surface area contributed by atoms with E-state index in [9.17, 15) is 5.11 Å². The first-order valence-electron chi connectivity index (χ1n) is 5.86. The Hall–Kier alpha value is -0.930. The van der Waals surface area contributed by atoms with Crippen LogP contribution in [-0.4, -0.2) is 33.7 Å². The molecule has 0 radical (unpaired) electrons. The first-order chi connectivity index (χ1) is 7.51. The Morgan fingerprint density at radius 3 is 2.62 bits per heavy atom. The van der Waals surface area contributed by atoms with E-state index in [1.54, 1.807) is 0 Å². The summed E-state index contributed by atoms with van der Waals surface area (Å²) >= 11 is 0. The number of hydrogen-bond donors (Lipinski definition) is 1. The van der Waals surface area contributed by atoms with Crippen LogP contribution in [0.1, 0.15) is 32.9 Å². The van der Waals surface area contributed by atoms with E-state index >= 15 is 0 Å².